The summed E-state index contributed by atoms with van der Waals surface area (Å²) in [5.41, 5.74) is 3.65. The van der Waals surface area contributed by atoms with E-state index in [4.69, 9.17) is 0 Å². The van der Waals surface area contributed by atoms with Crippen LogP contribution in [-0.4, -0.2) is 12.6 Å². The fourth-order valence-electron chi connectivity index (χ4n) is 3.49. The minimum absolute atomic E-state index is 0.253. The van der Waals surface area contributed by atoms with E-state index >= 15 is 0 Å². The van der Waals surface area contributed by atoms with E-state index in [1.54, 1.807) is 5.56 Å². The van der Waals surface area contributed by atoms with Gasteiger partial charge in [-0.3, -0.25) is 0 Å². The van der Waals surface area contributed by atoms with Gasteiger partial charge in [0.25, 0.3) is 0 Å². The van der Waals surface area contributed by atoms with E-state index in [-0.39, 0.29) is 5.41 Å². The van der Waals surface area contributed by atoms with Crippen LogP contribution in [0.3, 0.4) is 0 Å². The normalized spacial score (nSPS) is 30.1. The van der Waals surface area contributed by atoms with E-state index in [1.165, 1.54) is 37.8 Å². The van der Waals surface area contributed by atoms with Gasteiger partial charge < -0.3 is 5.32 Å². The highest BCUT2D eigenvalue weighted by Crippen LogP contribution is 2.48. The van der Waals surface area contributed by atoms with Crippen molar-refractivity contribution in [3.63, 3.8) is 0 Å². The van der Waals surface area contributed by atoms with E-state index < -0.39 is 0 Å². The Balaban J connectivity index is 1.80. The van der Waals surface area contributed by atoms with Crippen LogP contribution in [0.5, 0.6) is 0 Å². The summed E-state index contributed by atoms with van der Waals surface area (Å²) in [6.07, 6.45) is 5.50. The topological polar surface area (TPSA) is 12.0 Å². The SMILES string of the molecule is CC1CCC1(CNC1CC1)c1ccc(C(C)(C)C)cc1. The molecule has 1 heteroatoms. The Labute approximate surface area is 124 Å². The van der Waals surface area contributed by atoms with Crippen molar-refractivity contribution in [2.24, 2.45) is 5.92 Å². The van der Waals surface area contributed by atoms with Crippen LogP contribution in [0.2, 0.25) is 0 Å². The van der Waals surface area contributed by atoms with Crippen molar-refractivity contribution >= 4 is 0 Å². The van der Waals surface area contributed by atoms with Crippen molar-refractivity contribution in [1.82, 2.24) is 5.32 Å². The second-order valence-electron chi connectivity index (χ2n) is 8.08. The number of hydrogen-bond acceptors (Lipinski definition) is 1. The quantitative estimate of drug-likeness (QED) is 0.855. The highest BCUT2D eigenvalue weighted by atomic mass is 15.0. The zero-order valence-corrected chi connectivity index (χ0v) is 13.5. The monoisotopic (exact) mass is 271 g/mol. The largest absolute Gasteiger partial charge is 0.313 e. The number of benzene rings is 1. The second kappa shape index (κ2) is 4.87. The predicted octanol–water partition coefficient (Wildman–Crippen LogP) is 4.40. The Bertz CT molecular complexity index is 464. The highest BCUT2D eigenvalue weighted by Gasteiger charge is 2.45. The van der Waals surface area contributed by atoms with Crippen molar-refractivity contribution in [1.29, 1.82) is 0 Å². The molecule has 2 unspecified atom stereocenters. The van der Waals surface area contributed by atoms with Gasteiger partial charge in [-0.05, 0) is 48.1 Å². The molecule has 1 aromatic rings. The molecule has 2 saturated carbocycles. The second-order valence-corrected chi connectivity index (χ2v) is 8.08. The summed E-state index contributed by atoms with van der Waals surface area (Å²) in [6.45, 7) is 10.5. The summed E-state index contributed by atoms with van der Waals surface area (Å²) in [4.78, 5) is 0. The lowest BCUT2D eigenvalue weighted by Crippen LogP contribution is -2.50. The predicted molar refractivity (Wildman–Crippen MR) is 86.2 cm³/mol. The molecule has 2 fully saturated rings. The maximum Gasteiger partial charge on any atom is 0.0103 e. The van der Waals surface area contributed by atoms with Crippen molar-refractivity contribution in [2.75, 3.05) is 6.54 Å². The molecule has 1 nitrogen and oxygen atoms in total. The van der Waals surface area contributed by atoms with Crippen molar-refractivity contribution in [3.8, 4) is 0 Å². The zero-order chi connectivity index (χ0) is 14.4. The minimum Gasteiger partial charge on any atom is -0.313 e. The van der Waals surface area contributed by atoms with Crippen LogP contribution in [0.25, 0.3) is 0 Å². The van der Waals surface area contributed by atoms with E-state index in [0.29, 0.717) is 5.41 Å². The number of hydrogen-bond donors (Lipinski definition) is 1. The van der Waals surface area contributed by atoms with Gasteiger partial charge >= 0.3 is 0 Å². The first-order valence-electron chi connectivity index (χ1n) is 8.26. The molecule has 0 spiro atoms. The van der Waals surface area contributed by atoms with Gasteiger partial charge in [-0.2, -0.15) is 0 Å². The van der Waals surface area contributed by atoms with Crippen LogP contribution in [0.15, 0.2) is 24.3 Å². The van der Waals surface area contributed by atoms with Gasteiger partial charge in [0.1, 0.15) is 0 Å². The van der Waals surface area contributed by atoms with E-state index in [1.807, 2.05) is 0 Å². The first-order valence-corrected chi connectivity index (χ1v) is 8.26. The lowest BCUT2D eigenvalue weighted by Gasteiger charge is -2.49. The lowest BCUT2D eigenvalue weighted by atomic mass is 9.57. The minimum atomic E-state index is 0.253. The molecule has 3 rings (SSSR count). The van der Waals surface area contributed by atoms with Crippen LogP contribution in [0.1, 0.15) is 64.5 Å². The standard InChI is InChI=1S/C19H29N/c1-14-11-12-19(14,13-20-17-9-10-17)16-7-5-15(6-8-16)18(2,3)4/h5-8,14,17,20H,9-13H2,1-4H3. The number of rotatable bonds is 4. The third-order valence-electron chi connectivity index (χ3n) is 5.58. The molecule has 0 bridgehead atoms. The Morgan fingerprint density at radius 3 is 2.15 bits per heavy atom. The molecule has 1 aromatic carbocycles. The average molecular weight is 271 g/mol. The van der Waals surface area contributed by atoms with Crippen LogP contribution in [0, 0.1) is 5.92 Å². The van der Waals surface area contributed by atoms with E-state index in [0.717, 1.165) is 12.0 Å². The molecule has 2 aliphatic rings. The Morgan fingerprint density at radius 1 is 1.10 bits per heavy atom. The Morgan fingerprint density at radius 2 is 1.75 bits per heavy atom. The Hall–Kier alpha value is -0.820. The van der Waals surface area contributed by atoms with E-state index in [2.05, 4.69) is 57.3 Å². The number of nitrogens with one attached hydrogen (secondary N) is 1. The lowest BCUT2D eigenvalue weighted by molar-refractivity contribution is 0.133. The smallest absolute Gasteiger partial charge is 0.0103 e. The summed E-state index contributed by atoms with van der Waals surface area (Å²) in [6, 6.07) is 10.3. The van der Waals surface area contributed by atoms with Crippen molar-refractivity contribution in [2.45, 2.75) is 70.3 Å². The summed E-state index contributed by atoms with van der Waals surface area (Å²) in [7, 11) is 0. The third-order valence-corrected chi connectivity index (χ3v) is 5.58. The van der Waals surface area contributed by atoms with Crippen molar-refractivity contribution < 1.29 is 0 Å². The molecular weight excluding hydrogens is 242 g/mol. The molecule has 1 N–H and O–H groups in total. The average Bonchev–Trinajstić information content (AvgIpc) is 3.21. The molecule has 0 aromatic heterocycles. The molecule has 0 heterocycles. The van der Waals surface area contributed by atoms with E-state index in [9.17, 15) is 0 Å². The molecule has 110 valence electrons. The fourth-order valence-corrected chi connectivity index (χ4v) is 3.49. The van der Waals surface area contributed by atoms with Gasteiger partial charge in [-0.1, -0.05) is 52.0 Å². The zero-order valence-electron chi connectivity index (χ0n) is 13.5. The molecule has 0 saturated heterocycles. The first-order chi connectivity index (χ1) is 9.42. The maximum absolute atomic E-state index is 3.77. The molecule has 2 atom stereocenters. The van der Waals surface area contributed by atoms with Gasteiger partial charge in [0.05, 0.1) is 0 Å². The van der Waals surface area contributed by atoms with Gasteiger partial charge in [-0.15, -0.1) is 0 Å². The van der Waals surface area contributed by atoms with Crippen molar-refractivity contribution in [3.05, 3.63) is 35.4 Å². The van der Waals surface area contributed by atoms with Gasteiger partial charge in [0.15, 0.2) is 0 Å². The fraction of sp³-hybridized carbons (Fsp3) is 0.684. The van der Waals surface area contributed by atoms with Gasteiger partial charge in [0, 0.05) is 18.0 Å². The van der Waals surface area contributed by atoms with Crippen LogP contribution in [-0.2, 0) is 10.8 Å². The molecule has 20 heavy (non-hydrogen) atoms. The van der Waals surface area contributed by atoms with Crippen LogP contribution < -0.4 is 5.32 Å². The molecule has 0 radical (unpaired) electrons. The van der Waals surface area contributed by atoms with Gasteiger partial charge in [0.2, 0.25) is 0 Å². The molecule has 2 aliphatic carbocycles. The highest BCUT2D eigenvalue weighted by molar-refractivity contribution is 5.35. The molecule has 0 amide bonds. The summed E-state index contributed by atoms with van der Waals surface area (Å²) < 4.78 is 0. The first kappa shape index (κ1) is 14.1. The summed E-state index contributed by atoms with van der Waals surface area (Å²) >= 11 is 0. The van der Waals surface area contributed by atoms with Crippen LogP contribution in [0.4, 0.5) is 0 Å². The molecular formula is C19H29N. The third kappa shape index (κ3) is 2.53. The summed E-state index contributed by atoms with van der Waals surface area (Å²) in [5, 5.41) is 3.77. The summed E-state index contributed by atoms with van der Waals surface area (Å²) in [5.74, 6) is 0.814. The van der Waals surface area contributed by atoms with Crippen LogP contribution >= 0.6 is 0 Å². The Kier molecular flexibility index (Phi) is 3.44. The van der Waals surface area contributed by atoms with Gasteiger partial charge in [-0.25, -0.2) is 0 Å². The maximum atomic E-state index is 3.77. The molecule has 0 aliphatic heterocycles.